The minimum absolute atomic E-state index is 0.0379. The predicted octanol–water partition coefficient (Wildman–Crippen LogP) is 1.12. The highest BCUT2D eigenvalue weighted by Gasteiger charge is 2.47. The molecule has 0 radical (unpaired) electrons. The van der Waals surface area contributed by atoms with Crippen LogP contribution in [-0.2, 0) is 14.6 Å². The molecule has 1 aliphatic carbocycles. The van der Waals surface area contributed by atoms with E-state index in [1.165, 1.54) is 6.92 Å². The molecule has 0 aromatic rings. The van der Waals surface area contributed by atoms with E-state index in [4.69, 9.17) is 0 Å². The Kier molecular flexibility index (Phi) is 2.38. The van der Waals surface area contributed by atoms with E-state index in [9.17, 15) is 13.2 Å². The summed E-state index contributed by atoms with van der Waals surface area (Å²) in [4.78, 5) is 11.4. The Hall–Kier alpha value is 0.1000. The van der Waals surface area contributed by atoms with E-state index in [0.717, 1.165) is 19.1 Å². The maximum absolute atomic E-state index is 11.4. The van der Waals surface area contributed by atoms with Crippen LogP contribution in [0.4, 0.5) is 0 Å². The molecular weight excluding hydrogens is 244 g/mol. The fraction of sp³-hybridized carbons (Fsp3) is 0.857. The monoisotopic (exact) mass is 254 g/mol. The molecule has 0 aromatic heterocycles. The maximum atomic E-state index is 11.4. The van der Waals surface area contributed by atoms with Crippen LogP contribution >= 0.6 is 15.9 Å². The lowest BCUT2D eigenvalue weighted by molar-refractivity contribution is -0.120. The van der Waals surface area contributed by atoms with Crippen LogP contribution in [0.5, 0.6) is 0 Å². The lowest BCUT2D eigenvalue weighted by Crippen LogP contribution is -2.37. The van der Waals surface area contributed by atoms with Crippen molar-refractivity contribution in [1.29, 1.82) is 0 Å². The van der Waals surface area contributed by atoms with E-state index in [0.29, 0.717) is 0 Å². The fourth-order valence-electron chi connectivity index (χ4n) is 0.893. The van der Waals surface area contributed by atoms with Crippen molar-refractivity contribution >= 4 is 31.6 Å². The predicted molar refractivity (Wildman–Crippen MR) is 49.9 cm³/mol. The first kappa shape index (κ1) is 10.2. The fourth-order valence-corrected chi connectivity index (χ4v) is 1.75. The van der Waals surface area contributed by atoms with Crippen LogP contribution in [0.15, 0.2) is 0 Å². The molecule has 1 fully saturated rings. The van der Waals surface area contributed by atoms with Gasteiger partial charge >= 0.3 is 0 Å². The van der Waals surface area contributed by atoms with Crippen LogP contribution in [0.1, 0.15) is 19.8 Å². The topological polar surface area (TPSA) is 51.2 Å². The van der Waals surface area contributed by atoms with Gasteiger partial charge in [-0.25, -0.2) is 8.42 Å². The Labute approximate surface area is 80.6 Å². The highest BCUT2D eigenvalue weighted by atomic mass is 79.9. The van der Waals surface area contributed by atoms with Gasteiger partial charge in [0.1, 0.15) is 0 Å². The van der Waals surface area contributed by atoms with Gasteiger partial charge < -0.3 is 0 Å². The zero-order valence-corrected chi connectivity index (χ0v) is 9.41. The summed E-state index contributed by atoms with van der Waals surface area (Å²) in [5, 5.41) is 0. The minimum Gasteiger partial charge on any atom is -0.297 e. The third kappa shape index (κ3) is 1.71. The van der Waals surface area contributed by atoms with Gasteiger partial charge in [-0.05, 0) is 19.8 Å². The lowest BCUT2D eigenvalue weighted by Gasteiger charge is -2.18. The average molecular weight is 255 g/mol. The first-order chi connectivity index (χ1) is 5.27. The Morgan fingerprint density at radius 3 is 2.17 bits per heavy atom. The van der Waals surface area contributed by atoms with Crippen LogP contribution in [0.25, 0.3) is 0 Å². The molecule has 0 bridgehead atoms. The van der Waals surface area contributed by atoms with Crippen molar-refractivity contribution in [3.63, 3.8) is 0 Å². The van der Waals surface area contributed by atoms with Crippen molar-refractivity contribution < 1.29 is 13.2 Å². The van der Waals surface area contributed by atoms with Crippen LogP contribution in [0.2, 0.25) is 0 Å². The number of hydrogen-bond acceptors (Lipinski definition) is 3. The number of carbonyl (C=O) groups is 1. The molecule has 0 N–H and O–H groups in total. The molecular formula is C7H11BrO3S. The van der Waals surface area contributed by atoms with Gasteiger partial charge in [0.05, 0.1) is 0 Å². The third-order valence-electron chi connectivity index (χ3n) is 2.08. The highest BCUT2D eigenvalue weighted by Crippen LogP contribution is 2.39. The van der Waals surface area contributed by atoms with Gasteiger partial charge in [0, 0.05) is 12.2 Å². The first-order valence-electron chi connectivity index (χ1n) is 3.69. The van der Waals surface area contributed by atoms with E-state index < -0.39 is 13.5 Å². The zero-order chi connectivity index (χ0) is 9.57. The quantitative estimate of drug-likeness (QED) is 0.710. The Bertz CT molecular complexity index is 301. The zero-order valence-electron chi connectivity index (χ0n) is 7.00. The van der Waals surface area contributed by atoms with Gasteiger partial charge in [-0.2, -0.15) is 0 Å². The molecule has 1 saturated carbocycles. The number of sulfone groups is 1. The lowest BCUT2D eigenvalue weighted by atomic mass is 10.2. The number of Topliss-reactive ketones (excluding diaryl/α,β-unsaturated/α-hetero) is 1. The number of carbonyl (C=O) groups excluding carboxylic acids is 1. The Morgan fingerprint density at radius 1 is 1.50 bits per heavy atom. The first-order valence-corrected chi connectivity index (χ1v) is 6.38. The normalized spacial score (nSPS) is 23.2. The smallest absolute Gasteiger partial charge is 0.182 e. The molecule has 70 valence electrons. The molecule has 0 spiro atoms. The van der Waals surface area contributed by atoms with Crippen molar-refractivity contribution in [1.82, 2.24) is 0 Å². The third-order valence-corrected chi connectivity index (χ3v) is 5.83. The number of alkyl halides is 1. The molecule has 1 aliphatic rings. The van der Waals surface area contributed by atoms with Gasteiger partial charge in [0.2, 0.25) is 0 Å². The van der Waals surface area contributed by atoms with Crippen molar-refractivity contribution in [3.05, 3.63) is 0 Å². The molecule has 1 atom stereocenters. The summed E-state index contributed by atoms with van der Waals surface area (Å²) in [5.74, 6) is -0.242. The van der Waals surface area contributed by atoms with E-state index >= 15 is 0 Å². The van der Waals surface area contributed by atoms with Gasteiger partial charge in [-0.15, -0.1) is 0 Å². The summed E-state index contributed by atoms with van der Waals surface area (Å²) >= 11 is 2.97. The van der Waals surface area contributed by atoms with Crippen LogP contribution in [0, 0.1) is 5.92 Å². The maximum Gasteiger partial charge on any atom is 0.182 e. The molecule has 1 rings (SSSR count). The molecule has 0 heterocycles. The summed E-state index contributed by atoms with van der Waals surface area (Å²) < 4.78 is 20.9. The largest absolute Gasteiger partial charge is 0.297 e. The van der Waals surface area contributed by atoms with E-state index in [1.807, 2.05) is 0 Å². The Morgan fingerprint density at radius 2 is 1.92 bits per heavy atom. The average Bonchev–Trinajstić information content (AvgIpc) is 2.64. The Balaban J connectivity index is 2.91. The summed E-state index contributed by atoms with van der Waals surface area (Å²) in [6, 6.07) is 0. The van der Waals surface area contributed by atoms with Crippen molar-refractivity contribution in [3.8, 4) is 0 Å². The molecule has 3 nitrogen and oxygen atoms in total. The molecule has 0 aliphatic heterocycles. The second-order valence-corrected chi connectivity index (χ2v) is 7.80. The summed E-state index contributed by atoms with van der Waals surface area (Å²) in [6.45, 7) is 1.41. The van der Waals surface area contributed by atoms with Gasteiger partial charge in [-0.3, -0.25) is 4.79 Å². The van der Waals surface area contributed by atoms with Gasteiger partial charge in [0.25, 0.3) is 0 Å². The second-order valence-electron chi connectivity index (χ2n) is 3.33. The van der Waals surface area contributed by atoms with Crippen LogP contribution in [0.3, 0.4) is 0 Å². The van der Waals surface area contributed by atoms with Crippen LogP contribution < -0.4 is 0 Å². The van der Waals surface area contributed by atoms with Crippen molar-refractivity contribution in [2.75, 3.05) is 6.26 Å². The van der Waals surface area contributed by atoms with Crippen molar-refractivity contribution in [2.24, 2.45) is 5.92 Å². The van der Waals surface area contributed by atoms with Gasteiger partial charge in [-0.1, -0.05) is 15.9 Å². The van der Waals surface area contributed by atoms with E-state index in [2.05, 4.69) is 15.9 Å². The van der Waals surface area contributed by atoms with Gasteiger partial charge in [0.15, 0.2) is 19.3 Å². The summed E-state index contributed by atoms with van der Waals surface area (Å²) in [7, 11) is -3.34. The molecule has 5 heteroatoms. The molecule has 0 saturated heterocycles. The molecule has 12 heavy (non-hydrogen) atoms. The second kappa shape index (κ2) is 2.80. The molecule has 0 unspecified atom stereocenters. The number of ketones is 1. The SMILES string of the molecule is C[C@](Br)(C(=O)C1CC1)S(C)(=O)=O. The summed E-state index contributed by atoms with van der Waals surface area (Å²) in [6.07, 6.45) is 2.73. The number of hydrogen-bond donors (Lipinski definition) is 0. The van der Waals surface area contributed by atoms with Crippen molar-refractivity contribution in [2.45, 2.75) is 23.4 Å². The summed E-state index contributed by atoms with van der Waals surface area (Å²) in [5.41, 5.74) is 0. The minimum atomic E-state index is -3.34. The number of rotatable bonds is 3. The molecule has 0 amide bonds. The number of halogens is 1. The van der Waals surface area contributed by atoms with E-state index in [-0.39, 0.29) is 11.7 Å². The molecule has 0 aromatic carbocycles. The highest BCUT2D eigenvalue weighted by molar-refractivity contribution is 9.12. The van der Waals surface area contributed by atoms with Crippen LogP contribution in [-0.4, -0.2) is 24.1 Å². The standard InChI is InChI=1S/C7H11BrO3S/c1-7(8,12(2,10)11)6(9)5-3-4-5/h5H,3-4H2,1-2H3/t7-/m1/s1. The van der Waals surface area contributed by atoms with E-state index in [1.54, 1.807) is 0 Å².